The predicted octanol–water partition coefficient (Wildman–Crippen LogP) is 3.01. The highest BCUT2D eigenvalue weighted by molar-refractivity contribution is 5.71. The Balaban J connectivity index is 1.93. The minimum atomic E-state index is -0.962. The zero-order valence-electron chi connectivity index (χ0n) is 14.2. The summed E-state index contributed by atoms with van der Waals surface area (Å²) in [5.74, 6) is 0.285. The Bertz CT molecular complexity index is 934. The van der Waals surface area contributed by atoms with Crippen LogP contribution in [0.5, 0.6) is 11.6 Å². The number of hydrogen-bond acceptors (Lipinski definition) is 5. The molecule has 2 heterocycles. The van der Waals surface area contributed by atoms with E-state index >= 15 is 0 Å². The van der Waals surface area contributed by atoms with Crippen LogP contribution in [-0.4, -0.2) is 30.8 Å². The van der Waals surface area contributed by atoms with E-state index in [4.69, 9.17) is 9.84 Å². The second-order valence-electron chi connectivity index (χ2n) is 5.72. The molecule has 0 atom stereocenters. The first-order valence-corrected chi connectivity index (χ1v) is 7.78. The number of para-hydroxylation sites is 1. The molecule has 7 nitrogen and oxygen atoms in total. The van der Waals surface area contributed by atoms with Gasteiger partial charge in [-0.1, -0.05) is 18.2 Å². The Morgan fingerprint density at radius 2 is 1.96 bits per heavy atom. The van der Waals surface area contributed by atoms with Gasteiger partial charge in [-0.3, -0.25) is 4.79 Å². The van der Waals surface area contributed by atoms with Crippen LogP contribution in [0.4, 0.5) is 0 Å². The van der Waals surface area contributed by atoms with Gasteiger partial charge in [-0.2, -0.15) is 10.1 Å². The molecule has 0 fully saturated rings. The summed E-state index contributed by atoms with van der Waals surface area (Å²) in [5.41, 5.74) is 3.08. The van der Waals surface area contributed by atoms with Gasteiger partial charge in [0.15, 0.2) is 5.75 Å². The lowest BCUT2D eigenvalue weighted by molar-refractivity contribution is -0.136. The highest BCUT2D eigenvalue weighted by Crippen LogP contribution is 2.26. The highest BCUT2D eigenvalue weighted by Gasteiger charge is 2.16. The van der Waals surface area contributed by atoms with Crippen LogP contribution in [0.1, 0.15) is 22.6 Å². The number of aromatic nitrogens is 4. The van der Waals surface area contributed by atoms with Crippen molar-refractivity contribution in [1.29, 1.82) is 0 Å². The number of rotatable bonds is 5. The van der Waals surface area contributed by atoms with E-state index < -0.39 is 5.97 Å². The predicted molar refractivity (Wildman–Crippen MR) is 91.2 cm³/mol. The maximum atomic E-state index is 11.1. The van der Waals surface area contributed by atoms with Crippen molar-refractivity contribution in [2.75, 3.05) is 0 Å². The van der Waals surface area contributed by atoms with Crippen LogP contribution in [0.2, 0.25) is 0 Å². The molecule has 0 radical (unpaired) electrons. The maximum absolute atomic E-state index is 11.1. The summed E-state index contributed by atoms with van der Waals surface area (Å²) < 4.78 is 7.53. The van der Waals surface area contributed by atoms with Crippen LogP contribution in [0.25, 0.3) is 5.69 Å². The molecule has 1 aromatic carbocycles. The van der Waals surface area contributed by atoms with Gasteiger partial charge in [-0.15, -0.1) is 0 Å². The number of carboxylic acids is 1. The number of carbonyl (C=O) groups is 1. The Morgan fingerprint density at radius 3 is 2.68 bits per heavy atom. The number of aryl methyl sites for hydroxylation is 3. The molecule has 0 aliphatic rings. The molecule has 7 heteroatoms. The van der Waals surface area contributed by atoms with E-state index in [1.807, 2.05) is 31.2 Å². The summed E-state index contributed by atoms with van der Waals surface area (Å²) in [5, 5.41) is 13.4. The van der Waals surface area contributed by atoms with Gasteiger partial charge in [0.05, 0.1) is 24.5 Å². The molecule has 25 heavy (non-hydrogen) atoms. The average Bonchev–Trinajstić information content (AvgIpc) is 2.99. The van der Waals surface area contributed by atoms with E-state index in [0.29, 0.717) is 22.8 Å². The topological polar surface area (TPSA) is 90.1 Å². The highest BCUT2D eigenvalue weighted by atomic mass is 16.5. The van der Waals surface area contributed by atoms with Crippen molar-refractivity contribution >= 4 is 5.97 Å². The minimum absolute atomic E-state index is 0.201. The maximum Gasteiger partial charge on any atom is 0.308 e. The molecule has 0 spiro atoms. The largest absolute Gasteiger partial charge is 0.481 e. The standard InChI is InChI=1S/C18H18N4O3/c1-11-6-4-5-7-16(11)22-10-14(9-19-22)25-18-15(8-17(23)24)12(2)20-13(3)21-18/h4-7,9-10H,8H2,1-3H3,(H,23,24). The quantitative estimate of drug-likeness (QED) is 0.769. The summed E-state index contributed by atoms with van der Waals surface area (Å²) in [6, 6.07) is 7.86. The number of aliphatic carboxylic acids is 1. The Labute approximate surface area is 144 Å². The van der Waals surface area contributed by atoms with Crippen LogP contribution in [0.3, 0.4) is 0 Å². The van der Waals surface area contributed by atoms with E-state index in [1.54, 1.807) is 30.9 Å². The van der Waals surface area contributed by atoms with Crippen molar-refractivity contribution in [2.45, 2.75) is 27.2 Å². The Kier molecular flexibility index (Phi) is 4.47. The molecule has 0 unspecified atom stereocenters. The van der Waals surface area contributed by atoms with Crippen LogP contribution >= 0.6 is 0 Å². The lowest BCUT2D eigenvalue weighted by Crippen LogP contribution is -2.08. The summed E-state index contributed by atoms with van der Waals surface area (Å²) >= 11 is 0. The summed E-state index contributed by atoms with van der Waals surface area (Å²) in [4.78, 5) is 19.6. The van der Waals surface area contributed by atoms with E-state index in [1.165, 1.54) is 0 Å². The molecule has 2 aromatic heterocycles. The van der Waals surface area contributed by atoms with Crippen molar-refractivity contribution in [3.05, 3.63) is 59.3 Å². The van der Waals surface area contributed by atoms with Crippen LogP contribution in [-0.2, 0) is 11.2 Å². The molecule has 3 rings (SSSR count). The fraction of sp³-hybridized carbons (Fsp3) is 0.222. The van der Waals surface area contributed by atoms with Gasteiger partial charge in [-0.05, 0) is 32.4 Å². The molecular weight excluding hydrogens is 320 g/mol. The van der Waals surface area contributed by atoms with Crippen molar-refractivity contribution in [3.8, 4) is 17.3 Å². The summed E-state index contributed by atoms with van der Waals surface area (Å²) in [7, 11) is 0. The van der Waals surface area contributed by atoms with Gasteiger partial charge in [-0.25, -0.2) is 9.67 Å². The Morgan fingerprint density at radius 1 is 1.20 bits per heavy atom. The number of carboxylic acid groups (broad SMARTS) is 1. The van der Waals surface area contributed by atoms with Gasteiger partial charge in [0.1, 0.15) is 5.82 Å². The van der Waals surface area contributed by atoms with Crippen molar-refractivity contribution in [1.82, 2.24) is 19.7 Å². The first kappa shape index (κ1) is 16.6. The number of hydrogen-bond donors (Lipinski definition) is 1. The monoisotopic (exact) mass is 338 g/mol. The van der Waals surface area contributed by atoms with Crippen molar-refractivity contribution in [3.63, 3.8) is 0 Å². The van der Waals surface area contributed by atoms with Crippen molar-refractivity contribution < 1.29 is 14.6 Å². The molecule has 0 aliphatic heterocycles. The smallest absolute Gasteiger partial charge is 0.308 e. The first-order chi connectivity index (χ1) is 11.9. The Hall–Kier alpha value is -3.22. The minimum Gasteiger partial charge on any atom is -0.481 e. The van der Waals surface area contributed by atoms with Crippen LogP contribution < -0.4 is 4.74 Å². The molecule has 128 valence electrons. The van der Waals surface area contributed by atoms with Gasteiger partial charge in [0.2, 0.25) is 5.88 Å². The van der Waals surface area contributed by atoms with E-state index in [9.17, 15) is 4.79 Å². The number of ether oxygens (including phenoxy) is 1. The number of nitrogens with zero attached hydrogens (tertiary/aromatic N) is 4. The zero-order valence-corrected chi connectivity index (χ0v) is 14.2. The van der Waals surface area contributed by atoms with E-state index in [-0.39, 0.29) is 12.3 Å². The molecule has 0 bridgehead atoms. The normalized spacial score (nSPS) is 10.7. The van der Waals surface area contributed by atoms with E-state index in [0.717, 1.165) is 11.3 Å². The SMILES string of the molecule is Cc1nc(C)c(CC(=O)O)c(Oc2cnn(-c3ccccc3C)c2)n1. The fourth-order valence-electron chi connectivity index (χ4n) is 2.57. The van der Waals surface area contributed by atoms with Gasteiger partial charge in [0, 0.05) is 11.3 Å². The van der Waals surface area contributed by atoms with E-state index in [2.05, 4.69) is 15.1 Å². The average molecular weight is 338 g/mol. The third-order valence-electron chi connectivity index (χ3n) is 3.75. The molecule has 0 saturated carbocycles. The zero-order chi connectivity index (χ0) is 18.0. The second-order valence-corrected chi connectivity index (χ2v) is 5.72. The van der Waals surface area contributed by atoms with Gasteiger partial charge < -0.3 is 9.84 Å². The lowest BCUT2D eigenvalue weighted by Gasteiger charge is -2.10. The summed E-state index contributed by atoms with van der Waals surface area (Å²) in [6.07, 6.45) is 3.11. The summed E-state index contributed by atoms with van der Waals surface area (Å²) in [6.45, 7) is 5.48. The molecule has 0 aliphatic carbocycles. The van der Waals surface area contributed by atoms with Crippen LogP contribution in [0, 0.1) is 20.8 Å². The molecular formula is C18H18N4O3. The number of benzene rings is 1. The lowest BCUT2D eigenvalue weighted by atomic mass is 10.1. The fourth-order valence-corrected chi connectivity index (χ4v) is 2.57. The third-order valence-corrected chi connectivity index (χ3v) is 3.75. The van der Waals surface area contributed by atoms with Crippen LogP contribution in [0.15, 0.2) is 36.7 Å². The molecule has 0 amide bonds. The van der Waals surface area contributed by atoms with Gasteiger partial charge in [0.25, 0.3) is 0 Å². The molecule has 3 aromatic rings. The molecule has 1 N–H and O–H groups in total. The van der Waals surface area contributed by atoms with Crippen molar-refractivity contribution in [2.24, 2.45) is 0 Å². The first-order valence-electron chi connectivity index (χ1n) is 7.78. The molecule has 0 saturated heterocycles. The third kappa shape index (κ3) is 3.65. The second kappa shape index (κ2) is 6.72. The van der Waals surface area contributed by atoms with Gasteiger partial charge >= 0.3 is 5.97 Å².